The molecule has 0 aliphatic rings. The summed E-state index contributed by atoms with van der Waals surface area (Å²) in [5.74, 6) is -0.459. The van der Waals surface area contributed by atoms with E-state index in [1.165, 1.54) is 5.56 Å². The number of hydrogen-bond donors (Lipinski definition) is 2. The summed E-state index contributed by atoms with van der Waals surface area (Å²) in [7, 11) is 0. The van der Waals surface area contributed by atoms with Crippen molar-refractivity contribution < 1.29 is 9.59 Å². The highest BCUT2D eigenvalue weighted by Gasteiger charge is 2.23. The van der Waals surface area contributed by atoms with Gasteiger partial charge in [0, 0.05) is 17.1 Å². The summed E-state index contributed by atoms with van der Waals surface area (Å²) in [6.45, 7) is 8.18. The van der Waals surface area contributed by atoms with E-state index in [9.17, 15) is 9.59 Å². The minimum Gasteiger partial charge on any atom is -0.368 e. The Morgan fingerprint density at radius 2 is 1.55 bits per heavy atom. The Labute approximate surface area is 171 Å². The number of nitrogens with one attached hydrogen (secondary N) is 1. The van der Waals surface area contributed by atoms with Gasteiger partial charge in [-0.1, -0.05) is 56.3 Å². The Hall–Kier alpha value is -3.34. The second-order valence-corrected chi connectivity index (χ2v) is 7.59. The van der Waals surface area contributed by atoms with Crippen LogP contribution in [0.15, 0.2) is 60.7 Å². The van der Waals surface area contributed by atoms with Gasteiger partial charge in [0.05, 0.1) is 5.56 Å². The number of benzene rings is 2. The molecule has 2 amide bonds. The third kappa shape index (κ3) is 4.24. The standard InChI is InChI=1S/C24H27N3O2/c1-15(2)18-10-12-20(13-11-18)27-16(3)14-21(17(27)4)24(29)26-22(23(25)28)19-8-6-5-7-9-19/h5-15,22H,1-4H3,(H2,25,28)(H,26,29). The van der Waals surface area contributed by atoms with E-state index in [4.69, 9.17) is 5.73 Å². The highest BCUT2D eigenvalue weighted by atomic mass is 16.2. The lowest BCUT2D eigenvalue weighted by Crippen LogP contribution is -2.37. The maximum atomic E-state index is 13.0. The van der Waals surface area contributed by atoms with Crippen molar-refractivity contribution in [3.63, 3.8) is 0 Å². The summed E-state index contributed by atoms with van der Waals surface area (Å²) < 4.78 is 2.04. The number of primary amides is 1. The molecular weight excluding hydrogens is 362 g/mol. The second kappa shape index (κ2) is 8.35. The number of carbonyl (C=O) groups is 2. The van der Waals surface area contributed by atoms with Crippen molar-refractivity contribution in [2.45, 2.75) is 39.7 Å². The first kappa shape index (κ1) is 20.4. The van der Waals surface area contributed by atoms with Gasteiger partial charge in [-0.05, 0) is 49.1 Å². The van der Waals surface area contributed by atoms with Gasteiger partial charge in [0.25, 0.3) is 5.91 Å². The van der Waals surface area contributed by atoms with Crippen molar-refractivity contribution in [3.8, 4) is 5.69 Å². The van der Waals surface area contributed by atoms with Gasteiger partial charge in [-0.2, -0.15) is 0 Å². The van der Waals surface area contributed by atoms with Gasteiger partial charge in [0.15, 0.2) is 0 Å². The van der Waals surface area contributed by atoms with Crippen molar-refractivity contribution in [1.29, 1.82) is 0 Å². The van der Waals surface area contributed by atoms with E-state index >= 15 is 0 Å². The predicted molar refractivity (Wildman–Crippen MR) is 115 cm³/mol. The van der Waals surface area contributed by atoms with Gasteiger partial charge in [0.2, 0.25) is 5.91 Å². The summed E-state index contributed by atoms with van der Waals surface area (Å²) in [6, 6.07) is 18.3. The van der Waals surface area contributed by atoms with Crippen molar-refractivity contribution in [3.05, 3.63) is 88.7 Å². The number of amides is 2. The molecule has 0 spiro atoms. The van der Waals surface area contributed by atoms with E-state index in [-0.39, 0.29) is 5.91 Å². The third-order valence-corrected chi connectivity index (χ3v) is 5.19. The van der Waals surface area contributed by atoms with Crippen LogP contribution in [0.5, 0.6) is 0 Å². The fourth-order valence-corrected chi connectivity index (χ4v) is 3.57. The van der Waals surface area contributed by atoms with Crippen LogP contribution in [0, 0.1) is 13.8 Å². The molecular formula is C24H27N3O2. The summed E-state index contributed by atoms with van der Waals surface area (Å²) >= 11 is 0. The molecule has 3 N–H and O–H groups in total. The van der Waals surface area contributed by atoms with Crippen LogP contribution in [0.3, 0.4) is 0 Å². The molecule has 1 atom stereocenters. The van der Waals surface area contributed by atoms with E-state index in [1.807, 2.05) is 42.7 Å². The number of aromatic nitrogens is 1. The molecule has 0 radical (unpaired) electrons. The van der Waals surface area contributed by atoms with E-state index in [0.717, 1.165) is 17.1 Å². The Morgan fingerprint density at radius 3 is 2.10 bits per heavy atom. The zero-order valence-electron chi connectivity index (χ0n) is 17.3. The minimum absolute atomic E-state index is 0.323. The highest BCUT2D eigenvalue weighted by molar-refractivity contribution is 5.99. The van der Waals surface area contributed by atoms with E-state index in [0.29, 0.717) is 17.0 Å². The molecule has 150 valence electrons. The van der Waals surface area contributed by atoms with E-state index < -0.39 is 11.9 Å². The first-order chi connectivity index (χ1) is 13.8. The maximum absolute atomic E-state index is 13.0. The second-order valence-electron chi connectivity index (χ2n) is 7.59. The molecule has 5 heteroatoms. The largest absolute Gasteiger partial charge is 0.368 e. The number of nitrogens with zero attached hydrogens (tertiary/aromatic N) is 1. The number of hydrogen-bond acceptors (Lipinski definition) is 2. The van der Waals surface area contributed by atoms with Crippen LogP contribution >= 0.6 is 0 Å². The average Bonchev–Trinajstić information content (AvgIpc) is 3.00. The van der Waals surface area contributed by atoms with Crippen LogP contribution in [0.2, 0.25) is 0 Å². The Kier molecular flexibility index (Phi) is 5.87. The average molecular weight is 389 g/mol. The van der Waals surface area contributed by atoms with Crippen LogP contribution < -0.4 is 11.1 Å². The van der Waals surface area contributed by atoms with Gasteiger partial charge in [0.1, 0.15) is 6.04 Å². The van der Waals surface area contributed by atoms with Crippen LogP contribution in [0.25, 0.3) is 5.69 Å². The molecule has 1 heterocycles. The first-order valence-corrected chi connectivity index (χ1v) is 9.74. The Bertz CT molecular complexity index is 1020. The molecule has 0 fully saturated rings. The molecule has 29 heavy (non-hydrogen) atoms. The predicted octanol–water partition coefficient (Wildman–Crippen LogP) is 4.17. The zero-order valence-corrected chi connectivity index (χ0v) is 17.3. The van der Waals surface area contributed by atoms with Crippen molar-refractivity contribution >= 4 is 11.8 Å². The number of aryl methyl sites for hydroxylation is 1. The van der Waals surface area contributed by atoms with Crippen LogP contribution in [0.4, 0.5) is 0 Å². The molecule has 1 aromatic heterocycles. The number of carbonyl (C=O) groups excluding carboxylic acids is 2. The number of rotatable bonds is 6. The molecule has 0 aliphatic heterocycles. The van der Waals surface area contributed by atoms with E-state index in [2.05, 4.69) is 43.4 Å². The zero-order chi connectivity index (χ0) is 21.1. The normalized spacial score (nSPS) is 12.0. The van der Waals surface area contributed by atoms with Gasteiger partial charge in [-0.25, -0.2) is 0 Å². The molecule has 0 saturated heterocycles. The SMILES string of the molecule is Cc1cc(C(=O)NC(C(N)=O)c2ccccc2)c(C)n1-c1ccc(C(C)C)cc1. The van der Waals surface area contributed by atoms with Crippen molar-refractivity contribution in [2.24, 2.45) is 5.73 Å². The lowest BCUT2D eigenvalue weighted by molar-refractivity contribution is -0.120. The monoisotopic (exact) mass is 389 g/mol. The minimum atomic E-state index is -0.878. The van der Waals surface area contributed by atoms with Gasteiger partial charge >= 0.3 is 0 Å². The van der Waals surface area contributed by atoms with Crippen LogP contribution in [-0.2, 0) is 4.79 Å². The molecule has 1 unspecified atom stereocenters. The smallest absolute Gasteiger partial charge is 0.254 e. The Balaban J connectivity index is 1.90. The van der Waals surface area contributed by atoms with Crippen molar-refractivity contribution in [1.82, 2.24) is 9.88 Å². The van der Waals surface area contributed by atoms with Crippen molar-refractivity contribution in [2.75, 3.05) is 0 Å². The van der Waals surface area contributed by atoms with Gasteiger partial charge in [-0.3, -0.25) is 9.59 Å². The molecule has 3 aromatic rings. The molecule has 3 rings (SSSR count). The Morgan fingerprint density at radius 1 is 0.931 bits per heavy atom. The fraction of sp³-hybridized carbons (Fsp3) is 0.250. The first-order valence-electron chi connectivity index (χ1n) is 9.74. The molecule has 0 aliphatic carbocycles. The lowest BCUT2D eigenvalue weighted by Gasteiger charge is -2.16. The lowest BCUT2D eigenvalue weighted by atomic mass is 10.0. The quantitative estimate of drug-likeness (QED) is 0.664. The summed E-state index contributed by atoms with van der Waals surface area (Å²) in [4.78, 5) is 24.9. The third-order valence-electron chi connectivity index (χ3n) is 5.19. The highest BCUT2D eigenvalue weighted by Crippen LogP contribution is 2.24. The number of nitrogens with two attached hydrogens (primary N) is 1. The van der Waals surface area contributed by atoms with Crippen LogP contribution in [-0.4, -0.2) is 16.4 Å². The molecule has 2 aromatic carbocycles. The summed E-state index contributed by atoms with van der Waals surface area (Å²) in [5, 5.41) is 2.78. The van der Waals surface area contributed by atoms with Gasteiger partial charge in [-0.15, -0.1) is 0 Å². The summed E-state index contributed by atoms with van der Waals surface area (Å²) in [6.07, 6.45) is 0. The molecule has 5 nitrogen and oxygen atoms in total. The summed E-state index contributed by atoms with van der Waals surface area (Å²) in [5.41, 5.74) is 10.7. The van der Waals surface area contributed by atoms with E-state index in [1.54, 1.807) is 12.1 Å². The fourth-order valence-electron chi connectivity index (χ4n) is 3.57. The maximum Gasteiger partial charge on any atom is 0.254 e. The topological polar surface area (TPSA) is 77.1 Å². The van der Waals surface area contributed by atoms with Gasteiger partial charge < -0.3 is 15.6 Å². The van der Waals surface area contributed by atoms with Crippen LogP contribution in [0.1, 0.15) is 58.7 Å². The molecule has 0 saturated carbocycles. The molecule has 0 bridgehead atoms.